The van der Waals surface area contributed by atoms with Crippen LogP contribution in [0.1, 0.15) is 24.0 Å². The standard InChI is InChI=1S/C20H23FN2O/c21-18-1-3-19(4-2-18)24-20-6-9-23(10-7-20)14-15-11-16-5-8-22-13-17(16)12-15/h1-5,8,13,15,20H,6-7,9-12,14H2. The first-order valence-corrected chi connectivity index (χ1v) is 8.82. The molecule has 24 heavy (non-hydrogen) atoms. The molecule has 1 aliphatic heterocycles. The number of nitrogens with zero attached hydrogens (tertiary/aromatic N) is 2. The maximum atomic E-state index is 12.9. The third-order valence-corrected chi connectivity index (χ3v) is 5.19. The van der Waals surface area contributed by atoms with Crippen molar-refractivity contribution < 1.29 is 9.13 Å². The molecule has 1 aromatic heterocycles. The Kier molecular flexibility index (Phi) is 4.48. The van der Waals surface area contributed by atoms with Crippen molar-refractivity contribution in [3.63, 3.8) is 0 Å². The second-order valence-electron chi connectivity index (χ2n) is 6.99. The Morgan fingerprint density at radius 1 is 1.04 bits per heavy atom. The number of aromatic nitrogens is 1. The van der Waals surface area contributed by atoms with Crippen molar-refractivity contribution in [1.29, 1.82) is 0 Å². The molecule has 0 saturated carbocycles. The zero-order valence-electron chi connectivity index (χ0n) is 13.8. The van der Waals surface area contributed by atoms with Gasteiger partial charge in [0.1, 0.15) is 17.7 Å². The lowest BCUT2D eigenvalue weighted by Crippen LogP contribution is -2.40. The van der Waals surface area contributed by atoms with Gasteiger partial charge in [-0.25, -0.2) is 4.39 Å². The molecule has 2 aromatic rings. The van der Waals surface area contributed by atoms with Crippen molar-refractivity contribution in [3.05, 3.63) is 59.7 Å². The molecule has 1 atom stereocenters. The van der Waals surface area contributed by atoms with Gasteiger partial charge in [-0.3, -0.25) is 4.98 Å². The van der Waals surface area contributed by atoms with Gasteiger partial charge in [-0.15, -0.1) is 0 Å². The molecule has 2 aliphatic rings. The van der Waals surface area contributed by atoms with Gasteiger partial charge in [0.05, 0.1) is 0 Å². The molecule has 0 bridgehead atoms. The summed E-state index contributed by atoms with van der Waals surface area (Å²) < 4.78 is 18.9. The molecule has 4 rings (SSSR count). The Hall–Kier alpha value is -1.94. The largest absolute Gasteiger partial charge is 0.490 e. The Morgan fingerprint density at radius 3 is 2.54 bits per heavy atom. The van der Waals surface area contributed by atoms with Crippen LogP contribution in [0.25, 0.3) is 0 Å². The molecule has 0 radical (unpaired) electrons. The van der Waals surface area contributed by atoms with Crippen molar-refractivity contribution >= 4 is 0 Å². The van der Waals surface area contributed by atoms with Gasteiger partial charge < -0.3 is 9.64 Å². The zero-order valence-corrected chi connectivity index (χ0v) is 13.8. The molecular formula is C20H23FN2O. The second-order valence-corrected chi connectivity index (χ2v) is 6.99. The molecule has 126 valence electrons. The van der Waals surface area contributed by atoms with Crippen molar-refractivity contribution in [2.45, 2.75) is 31.8 Å². The smallest absolute Gasteiger partial charge is 0.123 e. The monoisotopic (exact) mass is 326 g/mol. The van der Waals surface area contributed by atoms with Gasteiger partial charge in [-0.2, -0.15) is 0 Å². The fourth-order valence-electron chi connectivity index (χ4n) is 3.94. The first kappa shape index (κ1) is 15.6. The van der Waals surface area contributed by atoms with E-state index in [4.69, 9.17) is 4.74 Å². The van der Waals surface area contributed by atoms with Gasteiger partial charge in [-0.1, -0.05) is 0 Å². The highest BCUT2D eigenvalue weighted by Gasteiger charge is 2.26. The summed E-state index contributed by atoms with van der Waals surface area (Å²) in [5.41, 5.74) is 2.90. The van der Waals surface area contributed by atoms with Crippen LogP contribution in [0, 0.1) is 11.7 Å². The number of hydrogen-bond donors (Lipinski definition) is 0. The summed E-state index contributed by atoms with van der Waals surface area (Å²) in [6.45, 7) is 3.33. The van der Waals surface area contributed by atoms with E-state index >= 15 is 0 Å². The number of hydrogen-bond acceptors (Lipinski definition) is 3. The van der Waals surface area contributed by atoms with Crippen LogP contribution in [-0.4, -0.2) is 35.6 Å². The normalized spacial score (nSPS) is 21.6. The van der Waals surface area contributed by atoms with Crippen LogP contribution < -0.4 is 4.74 Å². The van der Waals surface area contributed by atoms with Crippen LogP contribution in [0.15, 0.2) is 42.7 Å². The van der Waals surface area contributed by atoms with Crippen LogP contribution in [0.5, 0.6) is 5.75 Å². The molecule has 1 saturated heterocycles. The summed E-state index contributed by atoms with van der Waals surface area (Å²) in [6.07, 6.45) is 8.60. The molecule has 1 aliphatic carbocycles. The quantitative estimate of drug-likeness (QED) is 0.860. The Bertz CT molecular complexity index is 655. The first-order chi connectivity index (χ1) is 11.8. The molecule has 0 spiro atoms. The van der Waals surface area contributed by atoms with E-state index in [0.29, 0.717) is 0 Å². The number of likely N-dealkylation sites (tertiary alicyclic amines) is 1. The van der Waals surface area contributed by atoms with E-state index in [0.717, 1.165) is 50.6 Å². The Morgan fingerprint density at radius 2 is 1.79 bits per heavy atom. The molecule has 4 heteroatoms. The number of rotatable bonds is 4. The summed E-state index contributed by atoms with van der Waals surface area (Å²) in [7, 11) is 0. The Labute approximate surface area is 142 Å². The van der Waals surface area contributed by atoms with Gasteiger partial charge in [0.25, 0.3) is 0 Å². The van der Waals surface area contributed by atoms with Crippen molar-refractivity contribution in [2.24, 2.45) is 5.92 Å². The fraction of sp³-hybridized carbons (Fsp3) is 0.450. The van der Waals surface area contributed by atoms with Crippen LogP contribution in [0.2, 0.25) is 0 Å². The van der Waals surface area contributed by atoms with E-state index < -0.39 is 0 Å². The number of benzene rings is 1. The predicted molar refractivity (Wildman–Crippen MR) is 91.6 cm³/mol. The molecular weight excluding hydrogens is 303 g/mol. The number of halogens is 1. The number of ether oxygens (including phenoxy) is 1. The van der Waals surface area contributed by atoms with Gasteiger partial charge >= 0.3 is 0 Å². The molecule has 0 N–H and O–H groups in total. The van der Waals surface area contributed by atoms with E-state index in [1.54, 1.807) is 12.1 Å². The summed E-state index contributed by atoms with van der Waals surface area (Å²) in [6, 6.07) is 8.50. The number of fused-ring (bicyclic) bond motifs is 1. The van der Waals surface area contributed by atoms with Crippen molar-refractivity contribution in [1.82, 2.24) is 9.88 Å². The van der Waals surface area contributed by atoms with Crippen LogP contribution in [0.4, 0.5) is 4.39 Å². The van der Waals surface area contributed by atoms with E-state index in [2.05, 4.69) is 16.0 Å². The maximum Gasteiger partial charge on any atom is 0.123 e. The van der Waals surface area contributed by atoms with E-state index in [1.807, 2.05) is 12.4 Å². The summed E-state index contributed by atoms with van der Waals surface area (Å²) in [5, 5.41) is 0. The molecule has 1 fully saturated rings. The third kappa shape index (κ3) is 3.59. The molecule has 2 heterocycles. The molecule has 0 amide bonds. The lowest BCUT2D eigenvalue weighted by Gasteiger charge is -2.33. The molecule has 1 unspecified atom stereocenters. The predicted octanol–water partition coefficient (Wildman–Crippen LogP) is 3.48. The molecule has 3 nitrogen and oxygen atoms in total. The summed E-state index contributed by atoms with van der Waals surface area (Å²) >= 11 is 0. The average Bonchev–Trinajstić information content (AvgIpc) is 3.01. The highest BCUT2D eigenvalue weighted by Crippen LogP contribution is 2.27. The van der Waals surface area contributed by atoms with E-state index in [-0.39, 0.29) is 11.9 Å². The molecule has 1 aromatic carbocycles. The number of pyridine rings is 1. The first-order valence-electron chi connectivity index (χ1n) is 8.82. The van der Waals surface area contributed by atoms with Gasteiger partial charge in [0, 0.05) is 32.0 Å². The topological polar surface area (TPSA) is 25.4 Å². The highest BCUT2D eigenvalue weighted by atomic mass is 19.1. The fourth-order valence-corrected chi connectivity index (χ4v) is 3.94. The lowest BCUT2D eigenvalue weighted by molar-refractivity contribution is 0.0919. The second kappa shape index (κ2) is 6.89. The van der Waals surface area contributed by atoms with E-state index in [1.165, 1.54) is 29.7 Å². The lowest BCUT2D eigenvalue weighted by atomic mass is 10.0. The van der Waals surface area contributed by atoms with Crippen LogP contribution in [0.3, 0.4) is 0 Å². The van der Waals surface area contributed by atoms with Crippen LogP contribution in [-0.2, 0) is 12.8 Å². The summed E-state index contributed by atoms with van der Waals surface area (Å²) in [5.74, 6) is 1.28. The van der Waals surface area contributed by atoms with Gasteiger partial charge in [0.2, 0.25) is 0 Å². The van der Waals surface area contributed by atoms with Gasteiger partial charge in [0.15, 0.2) is 0 Å². The zero-order chi connectivity index (χ0) is 16.4. The Balaban J connectivity index is 1.24. The minimum Gasteiger partial charge on any atom is -0.490 e. The number of piperidine rings is 1. The van der Waals surface area contributed by atoms with Crippen molar-refractivity contribution in [2.75, 3.05) is 19.6 Å². The van der Waals surface area contributed by atoms with Crippen LogP contribution >= 0.6 is 0 Å². The SMILES string of the molecule is Fc1ccc(OC2CCN(CC3Cc4ccncc4C3)CC2)cc1. The third-order valence-electron chi connectivity index (χ3n) is 5.19. The maximum absolute atomic E-state index is 12.9. The van der Waals surface area contributed by atoms with Gasteiger partial charge in [-0.05, 0) is 73.1 Å². The minimum absolute atomic E-state index is 0.218. The minimum atomic E-state index is -0.218. The average molecular weight is 326 g/mol. The highest BCUT2D eigenvalue weighted by molar-refractivity contribution is 5.29. The van der Waals surface area contributed by atoms with Crippen molar-refractivity contribution in [3.8, 4) is 5.75 Å². The summed E-state index contributed by atoms with van der Waals surface area (Å²) in [4.78, 5) is 6.80. The van der Waals surface area contributed by atoms with E-state index in [9.17, 15) is 4.39 Å².